The predicted octanol–water partition coefficient (Wildman–Crippen LogP) is 3.39. The lowest BCUT2D eigenvalue weighted by Gasteiger charge is -2.33. The van der Waals surface area contributed by atoms with Gasteiger partial charge in [0.05, 0.1) is 17.4 Å². The number of piperidine rings is 1. The third-order valence-electron chi connectivity index (χ3n) is 6.06. The van der Waals surface area contributed by atoms with Gasteiger partial charge in [-0.3, -0.25) is 9.89 Å². The molecule has 2 N–H and O–H groups in total. The van der Waals surface area contributed by atoms with E-state index in [1.165, 1.54) is 0 Å². The maximum Gasteiger partial charge on any atom is 0.242 e. The van der Waals surface area contributed by atoms with Gasteiger partial charge in [-0.2, -0.15) is 5.10 Å². The highest BCUT2D eigenvalue weighted by atomic mass is 16.2. The largest absolute Gasteiger partial charge is 0.341 e. The standard InChI is InChI=1S/C24H28N8O/c1-16-10-23(30-29-16)28-22-12-19(26-17(2)27-22)11-18-6-5-9-31(13-18)24(33)14-32-15-25-20-7-3-4-8-21(20)32/h3-4,7-8,10,12,15,18H,5-6,9,11,13-14H2,1-2H3,(H2,26,27,28,29,30)/t18-/m0/s1. The fourth-order valence-electron chi connectivity index (χ4n) is 4.55. The van der Waals surface area contributed by atoms with Gasteiger partial charge >= 0.3 is 0 Å². The van der Waals surface area contributed by atoms with Gasteiger partial charge in [-0.05, 0) is 51.2 Å². The van der Waals surface area contributed by atoms with Crippen molar-refractivity contribution in [3.63, 3.8) is 0 Å². The van der Waals surface area contributed by atoms with Crippen molar-refractivity contribution in [2.75, 3.05) is 18.4 Å². The first-order valence-electron chi connectivity index (χ1n) is 11.3. The number of aromatic amines is 1. The molecule has 33 heavy (non-hydrogen) atoms. The second kappa shape index (κ2) is 9.01. The molecule has 0 bridgehead atoms. The minimum Gasteiger partial charge on any atom is -0.341 e. The van der Waals surface area contributed by atoms with Gasteiger partial charge in [0.25, 0.3) is 0 Å². The van der Waals surface area contributed by atoms with Gasteiger partial charge < -0.3 is 14.8 Å². The van der Waals surface area contributed by atoms with E-state index < -0.39 is 0 Å². The highest BCUT2D eigenvalue weighted by Crippen LogP contribution is 2.23. The number of likely N-dealkylation sites (tertiary alicyclic amines) is 1. The van der Waals surface area contributed by atoms with E-state index >= 15 is 0 Å². The van der Waals surface area contributed by atoms with Crippen LogP contribution in [0.5, 0.6) is 0 Å². The topological polar surface area (TPSA) is 105 Å². The molecule has 0 aliphatic carbocycles. The number of anilines is 2. The molecule has 0 saturated carbocycles. The van der Waals surface area contributed by atoms with Crippen LogP contribution in [0.15, 0.2) is 42.7 Å². The number of H-pyrrole nitrogens is 1. The summed E-state index contributed by atoms with van der Waals surface area (Å²) in [6, 6.07) is 11.8. The van der Waals surface area contributed by atoms with Crippen molar-refractivity contribution in [2.24, 2.45) is 5.92 Å². The Labute approximate surface area is 192 Å². The van der Waals surface area contributed by atoms with Gasteiger partial charge in [0, 0.05) is 36.6 Å². The highest BCUT2D eigenvalue weighted by molar-refractivity contribution is 5.80. The monoisotopic (exact) mass is 444 g/mol. The molecule has 1 aliphatic rings. The Kier molecular flexibility index (Phi) is 5.77. The minimum atomic E-state index is 0.137. The summed E-state index contributed by atoms with van der Waals surface area (Å²) in [4.78, 5) is 28.6. The number of imidazole rings is 1. The Bertz CT molecular complexity index is 1280. The maximum absolute atomic E-state index is 13.1. The van der Waals surface area contributed by atoms with Crippen LogP contribution in [0.25, 0.3) is 11.0 Å². The van der Waals surface area contributed by atoms with Crippen molar-refractivity contribution in [1.82, 2.24) is 34.6 Å². The number of aromatic nitrogens is 6. The molecule has 1 fully saturated rings. The Morgan fingerprint density at radius 1 is 1.18 bits per heavy atom. The summed E-state index contributed by atoms with van der Waals surface area (Å²) in [6.45, 7) is 5.72. The Morgan fingerprint density at radius 2 is 2.06 bits per heavy atom. The number of para-hydroxylation sites is 2. The molecule has 170 valence electrons. The molecule has 4 heterocycles. The highest BCUT2D eigenvalue weighted by Gasteiger charge is 2.25. The quantitative estimate of drug-likeness (QED) is 0.472. The van der Waals surface area contributed by atoms with Crippen LogP contribution in [0, 0.1) is 19.8 Å². The molecular weight excluding hydrogens is 416 g/mol. The first-order valence-corrected chi connectivity index (χ1v) is 11.3. The van der Waals surface area contributed by atoms with Crippen molar-refractivity contribution >= 4 is 28.6 Å². The summed E-state index contributed by atoms with van der Waals surface area (Å²) >= 11 is 0. The van der Waals surface area contributed by atoms with Crippen molar-refractivity contribution < 1.29 is 4.79 Å². The molecule has 3 aromatic heterocycles. The minimum absolute atomic E-state index is 0.137. The lowest BCUT2D eigenvalue weighted by Crippen LogP contribution is -2.42. The summed E-state index contributed by atoms with van der Waals surface area (Å²) in [6.07, 6.45) is 4.66. The van der Waals surface area contributed by atoms with Crippen molar-refractivity contribution in [3.05, 3.63) is 59.9 Å². The molecule has 0 spiro atoms. The van der Waals surface area contributed by atoms with Crippen LogP contribution in [-0.4, -0.2) is 53.6 Å². The van der Waals surface area contributed by atoms with E-state index in [-0.39, 0.29) is 5.91 Å². The van der Waals surface area contributed by atoms with Crippen LogP contribution in [-0.2, 0) is 17.8 Å². The predicted molar refractivity (Wildman–Crippen MR) is 126 cm³/mol. The maximum atomic E-state index is 13.1. The number of fused-ring (bicyclic) bond motifs is 1. The molecule has 9 heteroatoms. The van der Waals surface area contributed by atoms with Crippen molar-refractivity contribution in [1.29, 1.82) is 0 Å². The number of carbonyl (C=O) groups is 1. The molecule has 0 radical (unpaired) electrons. The van der Waals surface area contributed by atoms with Gasteiger partial charge in [0.15, 0.2) is 5.82 Å². The number of nitrogens with zero attached hydrogens (tertiary/aromatic N) is 6. The number of benzene rings is 1. The van der Waals surface area contributed by atoms with E-state index in [0.717, 1.165) is 72.2 Å². The summed E-state index contributed by atoms with van der Waals surface area (Å²) in [7, 11) is 0. The molecular formula is C24H28N8O. The van der Waals surface area contributed by atoms with Gasteiger partial charge in [0.1, 0.15) is 18.2 Å². The lowest BCUT2D eigenvalue weighted by molar-refractivity contribution is -0.133. The van der Waals surface area contributed by atoms with E-state index in [0.29, 0.717) is 12.5 Å². The molecule has 5 rings (SSSR count). The third-order valence-corrected chi connectivity index (χ3v) is 6.06. The smallest absolute Gasteiger partial charge is 0.242 e. The van der Waals surface area contributed by atoms with E-state index in [4.69, 9.17) is 0 Å². The van der Waals surface area contributed by atoms with E-state index in [1.807, 2.05) is 59.7 Å². The fraction of sp³-hybridized carbons (Fsp3) is 0.375. The van der Waals surface area contributed by atoms with Gasteiger partial charge in [-0.25, -0.2) is 15.0 Å². The Morgan fingerprint density at radius 3 is 2.91 bits per heavy atom. The normalized spacial score (nSPS) is 16.3. The average Bonchev–Trinajstić information content (AvgIpc) is 3.39. The van der Waals surface area contributed by atoms with Crippen LogP contribution in [0.3, 0.4) is 0 Å². The van der Waals surface area contributed by atoms with Crippen LogP contribution in [0.4, 0.5) is 11.6 Å². The first kappa shape index (κ1) is 21.1. The number of hydrogen-bond acceptors (Lipinski definition) is 6. The van der Waals surface area contributed by atoms with Crippen LogP contribution < -0.4 is 5.32 Å². The zero-order valence-electron chi connectivity index (χ0n) is 19.0. The first-order chi connectivity index (χ1) is 16.0. The van der Waals surface area contributed by atoms with Gasteiger partial charge in [-0.15, -0.1) is 0 Å². The molecule has 4 aromatic rings. The SMILES string of the molecule is Cc1nc(C[C@@H]2CCCN(C(=O)Cn3cnc4ccccc43)C2)cc(Nc2cc(C)[nH]n2)n1. The van der Waals surface area contributed by atoms with Gasteiger partial charge in [-0.1, -0.05) is 12.1 Å². The Hall–Kier alpha value is -3.75. The second-order valence-corrected chi connectivity index (χ2v) is 8.77. The van der Waals surface area contributed by atoms with Crippen LogP contribution >= 0.6 is 0 Å². The molecule has 1 aliphatic heterocycles. The third kappa shape index (κ3) is 4.87. The summed E-state index contributed by atoms with van der Waals surface area (Å²) in [5, 5.41) is 10.4. The zero-order chi connectivity index (χ0) is 22.8. The van der Waals surface area contributed by atoms with Crippen LogP contribution in [0.1, 0.15) is 30.1 Å². The average molecular weight is 445 g/mol. The number of aryl methyl sites for hydroxylation is 2. The summed E-state index contributed by atoms with van der Waals surface area (Å²) < 4.78 is 1.93. The molecule has 0 unspecified atom stereocenters. The number of amides is 1. The second-order valence-electron chi connectivity index (χ2n) is 8.77. The number of hydrogen-bond donors (Lipinski definition) is 2. The van der Waals surface area contributed by atoms with Crippen molar-refractivity contribution in [2.45, 2.75) is 39.7 Å². The molecule has 9 nitrogen and oxygen atoms in total. The van der Waals surface area contributed by atoms with Gasteiger partial charge in [0.2, 0.25) is 5.91 Å². The number of rotatable bonds is 6. The van der Waals surface area contributed by atoms with E-state index in [9.17, 15) is 4.79 Å². The number of nitrogens with one attached hydrogen (secondary N) is 2. The van der Waals surface area contributed by atoms with E-state index in [1.54, 1.807) is 6.33 Å². The van der Waals surface area contributed by atoms with Crippen molar-refractivity contribution in [3.8, 4) is 0 Å². The molecule has 1 atom stereocenters. The van der Waals surface area contributed by atoms with E-state index in [2.05, 4.69) is 30.5 Å². The molecule has 1 amide bonds. The zero-order valence-corrected chi connectivity index (χ0v) is 19.0. The summed E-state index contributed by atoms with van der Waals surface area (Å²) in [5.41, 5.74) is 3.87. The Balaban J connectivity index is 1.24. The molecule has 1 aromatic carbocycles. The van der Waals surface area contributed by atoms with Crippen LogP contribution in [0.2, 0.25) is 0 Å². The number of carbonyl (C=O) groups excluding carboxylic acids is 1. The fourth-order valence-corrected chi connectivity index (χ4v) is 4.55. The molecule has 1 saturated heterocycles. The summed E-state index contributed by atoms with van der Waals surface area (Å²) in [5.74, 6) is 2.70. The lowest BCUT2D eigenvalue weighted by atomic mass is 9.93.